The molecule has 1 fully saturated rings. The van der Waals surface area contributed by atoms with Gasteiger partial charge in [0.15, 0.2) is 0 Å². The van der Waals surface area contributed by atoms with Gasteiger partial charge in [-0.05, 0) is 45.1 Å². The molecule has 106 valence electrons. The lowest BCUT2D eigenvalue weighted by Crippen LogP contribution is -2.44. The number of hydrogen-bond acceptors (Lipinski definition) is 3. The van der Waals surface area contributed by atoms with Crippen molar-refractivity contribution < 1.29 is 4.39 Å². The van der Waals surface area contributed by atoms with Gasteiger partial charge in [0.05, 0.1) is 0 Å². The summed E-state index contributed by atoms with van der Waals surface area (Å²) in [7, 11) is 4.23. The molecule has 1 aliphatic heterocycles. The first kappa shape index (κ1) is 14.4. The van der Waals surface area contributed by atoms with E-state index in [1.54, 1.807) is 6.07 Å². The summed E-state index contributed by atoms with van der Waals surface area (Å²) in [6.07, 6.45) is 2.42. The van der Waals surface area contributed by atoms with E-state index >= 15 is 0 Å². The van der Waals surface area contributed by atoms with E-state index in [9.17, 15) is 4.39 Å². The molecule has 0 saturated carbocycles. The number of rotatable bonds is 4. The van der Waals surface area contributed by atoms with Crippen LogP contribution in [-0.4, -0.2) is 43.0 Å². The molecule has 1 aliphatic rings. The Hall–Kier alpha value is -0.970. The molecule has 0 aliphatic carbocycles. The molecular formula is C15H24FN3. The molecule has 0 bridgehead atoms. The third-order valence-electron chi connectivity index (χ3n) is 4.00. The fourth-order valence-corrected chi connectivity index (χ4v) is 2.74. The first-order valence-electron chi connectivity index (χ1n) is 6.96. The maximum atomic E-state index is 13.9. The second-order valence-electron chi connectivity index (χ2n) is 5.60. The molecule has 0 spiro atoms. The van der Waals surface area contributed by atoms with Gasteiger partial charge in [-0.3, -0.25) is 4.90 Å². The second kappa shape index (κ2) is 6.46. The summed E-state index contributed by atoms with van der Waals surface area (Å²) < 4.78 is 13.9. The number of likely N-dealkylation sites (tertiary alicyclic amines) is 1. The van der Waals surface area contributed by atoms with Gasteiger partial charge in [-0.2, -0.15) is 0 Å². The SMILES string of the molecule is CN1CCCC(N(C)Cc2ccc(CN)cc2F)C1. The average Bonchev–Trinajstić information content (AvgIpc) is 2.41. The summed E-state index contributed by atoms with van der Waals surface area (Å²) in [5, 5.41) is 0. The predicted octanol–water partition coefficient (Wildman–Crippen LogP) is 1.81. The molecule has 1 saturated heterocycles. The minimum absolute atomic E-state index is 0.140. The first-order chi connectivity index (χ1) is 9.10. The number of piperidine rings is 1. The van der Waals surface area contributed by atoms with Crippen molar-refractivity contribution in [1.29, 1.82) is 0 Å². The lowest BCUT2D eigenvalue weighted by molar-refractivity contribution is 0.128. The van der Waals surface area contributed by atoms with E-state index in [1.165, 1.54) is 19.4 Å². The minimum atomic E-state index is -0.140. The fraction of sp³-hybridized carbons (Fsp3) is 0.600. The lowest BCUT2D eigenvalue weighted by atomic mass is 10.0. The quantitative estimate of drug-likeness (QED) is 0.901. The van der Waals surface area contributed by atoms with Gasteiger partial charge in [-0.1, -0.05) is 12.1 Å². The molecule has 2 rings (SSSR count). The maximum Gasteiger partial charge on any atom is 0.128 e. The molecule has 0 radical (unpaired) electrons. The molecule has 1 unspecified atom stereocenters. The van der Waals surface area contributed by atoms with Crippen LogP contribution in [0.1, 0.15) is 24.0 Å². The van der Waals surface area contributed by atoms with E-state index < -0.39 is 0 Å². The molecular weight excluding hydrogens is 241 g/mol. The van der Waals surface area contributed by atoms with E-state index in [1.807, 2.05) is 12.1 Å². The zero-order valence-corrected chi connectivity index (χ0v) is 11.9. The summed E-state index contributed by atoms with van der Waals surface area (Å²) in [4.78, 5) is 4.61. The molecule has 0 amide bonds. The van der Waals surface area contributed by atoms with Crippen LogP contribution in [0.25, 0.3) is 0 Å². The standard InChI is InChI=1S/C15H24FN3/c1-18-7-3-4-14(11-18)19(2)10-13-6-5-12(9-17)8-15(13)16/h5-6,8,14H,3-4,7,9-11,17H2,1-2H3. The smallest absolute Gasteiger partial charge is 0.128 e. The van der Waals surface area contributed by atoms with Crippen LogP contribution in [0.15, 0.2) is 18.2 Å². The number of halogens is 1. The average molecular weight is 265 g/mol. The van der Waals surface area contributed by atoms with Crippen molar-refractivity contribution in [1.82, 2.24) is 9.80 Å². The van der Waals surface area contributed by atoms with Crippen LogP contribution in [0.3, 0.4) is 0 Å². The molecule has 1 atom stereocenters. The number of benzene rings is 1. The fourth-order valence-electron chi connectivity index (χ4n) is 2.74. The lowest BCUT2D eigenvalue weighted by Gasteiger charge is -2.36. The summed E-state index contributed by atoms with van der Waals surface area (Å²) in [5.41, 5.74) is 7.13. The van der Waals surface area contributed by atoms with Crippen molar-refractivity contribution in [3.8, 4) is 0 Å². The third kappa shape index (κ3) is 3.75. The molecule has 1 aromatic carbocycles. The van der Waals surface area contributed by atoms with E-state index in [4.69, 9.17) is 5.73 Å². The van der Waals surface area contributed by atoms with E-state index in [-0.39, 0.29) is 5.82 Å². The topological polar surface area (TPSA) is 32.5 Å². The van der Waals surface area contributed by atoms with Crippen molar-refractivity contribution in [2.75, 3.05) is 27.2 Å². The van der Waals surface area contributed by atoms with Crippen LogP contribution < -0.4 is 5.73 Å². The van der Waals surface area contributed by atoms with Gasteiger partial charge in [0.2, 0.25) is 0 Å². The van der Waals surface area contributed by atoms with Crippen LogP contribution in [0, 0.1) is 5.82 Å². The van der Waals surface area contributed by atoms with Gasteiger partial charge in [0.1, 0.15) is 5.82 Å². The van der Waals surface area contributed by atoms with Crippen LogP contribution in [0.5, 0.6) is 0 Å². The number of likely N-dealkylation sites (N-methyl/N-ethyl adjacent to an activating group) is 2. The Bertz CT molecular complexity index is 422. The number of hydrogen-bond donors (Lipinski definition) is 1. The number of nitrogens with zero attached hydrogens (tertiary/aromatic N) is 2. The zero-order chi connectivity index (χ0) is 13.8. The van der Waals surface area contributed by atoms with Crippen LogP contribution >= 0.6 is 0 Å². The van der Waals surface area contributed by atoms with Crippen LogP contribution in [0.4, 0.5) is 4.39 Å². The monoisotopic (exact) mass is 265 g/mol. The molecule has 0 aromatic heterocycles. The number of nitrogens with two attached hydrogens (primary N) is 1. The van der Waals surface area contributed by atoms with Gasteiger partial charge >= 0.3 is 0 Å². The molecule has 4 heteroatoms. The van der Waals surface area contributed by atoms with E-state index in [0.29, 0.717) is 19.1 Å². The molecule has 1 heterocycles. The second-order valence-corrected chi connectivity index (χ2v) is 5.60. The van der Waals surface area contributed by atoms with Crippen molar-refractivity contribution in [2.24, 2.45) is 5.73 Å². The van der Waals surface area contributed by atoms with Crippen molar-refractivity contribution in [3.05, 3.63) is 35.1 Å². The predicted molar refractivity (Wildman–Crippen MR) is 76.3 cm³/mol. The summed E-state index contributed by atoms with van der Waals surface area (Å²) in [6.45, 7) is 3.29. The minimum Gasteiger partial charge on any atom is -0.326 e. The highest BCUT2D eigenvalue weighted by Crippen LogP contribution is 2.18. The largest absolute Gasteiger partial charge is 0.326 e. The highest BCUT2D eigenvalue weighted by Gasteiger charge is 2.21. The van der Waals surface area contributed by atoms with Crippen molar-refractivity contribution >= 4 is 0 Å². The molecule has 1 aromatic rings. The zero-order valence-electron chi connectivity index (χ0n) is 11.9. The normalized spacial score (nSPS) is 21.0. The van der Waals surface area contributed by atoms with Crippen molar-refractivity contribution in [2.45, 2.75) is 32.0 Å². The van der Waals surface area contributed by atoms with E-state index in [2.05, 4.69) is 23.9 Å². The molecule has 19 heavy (non-hydrogen) atoms. The first-order valence-corrected chi connectivity index (χ1v) is 6.96. The Kier molecular flexibility index (Phi) is 4.91. The van der Waals surface area contributed by atoms with Gasteiger partial charge in [0.25, 0.3) is 0 Å². The maximum absolute atomic E-state index is 13.9. The Labute approximate surface area is 115 Å². The summed E-state index contributed by atoms with van der Waals surface area (Å²) in [5.74, 6) is -0.140. The highest BCUT2D eigenvalue weighted by molar-refractivity contribution is 5.24. The van der Waals surface area contributed by atoms with Crippen LogP contribution in [-0.2, 0) is 13.1 Å². The Balaban J connectivity index is 2.00. The summed E-state index contributed by atoms with van der Waals surface area (Å²) >= 11 is 0. The van der Waals surface area contributed by atoms with Crippen molar-refractivity contribution in [3.63, 3.8) is 0 Å². The van der Waals surface area contributed by atoms with E-state index in [0.717, 1.165) is 17.7 Å². The Morgan fingerprint density at radius 1 is 1.47 bits per heavy atom. The van der Waals surface area contributed by atoms with Gasteiger partial charge in [-0.25, -0.2) is 4.39 Å². The Morgan fingerprint density at radius 2 is 2.26 bits per heavy atom. The summed E-state index contributed by atoms with van der Waals surface area (Å²) in [6, 6.07) is 5.85. The highest BCUT2D eigenvalue weighted by atomic mass is 19.1. The Morgan fingerprint density at radius 3 is 2.89 bits per heavy atom. The molecule has 3 nitrogen and oxygen atoms in total. The van der Waals surface area contributed by atoms with Gasteiger partial charge < -0.3 is 10.6 Å². The van der Waals surface area contributed by atoms with Gasteiger partial charge in [0, 0.05) is 31.2 Å². The van der Waals surface area contributed by atoms with Gasteiger partial charge in [-0.15, -0.1) is 0 Å². The molecule has 2 N–H and O–H groups in total. The third-order valence-corrected chi connectivity index (χ3v) is 4.00. The van der Waals surface area contributed by atoms with Crippen LogP contribution in [0.2, 0.25) is 0 Å².